The van der Waals surface area contributed by atoms with Gasteiger partial charge in [-0.3, -0.25) is 4.90 Å². The number of fused-ring (bicyclic) bond motifs is 1. The van der Waals surface area contributed by atoms with Crippen molar-refractivity contribution < 1.29 is 9.53 Å². The minimum atomic E-state index is -0.0195. The minimum absolute atomic E-state index is 0.0195. The van der Waals surface area contributed by atoms with E-state index in [0.29, 0.717) is 12.0 Å². The molecule has 0 unspecified atom stereocenters. The third kappa shape index (κ3) is 3.11. The Labute approximate surface area is 134 Å². The van der Waals surface area contributed by atoms with Gasteiger partial charge in [0.1, 0.15) is 0 Å². The lowest BCUT2D eigenvalue weighted by atomic mass is 9.55. The van der Waals surface area contributed by atoms with Gasteiger partial charge in [-0.2, -0.15) is 0 Å². The van der Waals surface area contributed by atoms with Crippen molar-refractivity contribution in [1.82, 2.24) is 15.5 Å². The first-order valence-electron chi connectivity index (χ1n) is 8.94. The first kappa shape index (κ1) is 16.1. The Morgan fingerprint density at radius 3 is 2.77 bits per heavy atom. The largest absolute Gasteiger partial charge is 0.377 e. The molecular formula is C17H31N3O2. The minimum Gasteiger partial charge on any atom is -0.377 e. The molecule has 3 aliphatic rings. The van der Waals surface area contributed by atoms with E-state index in [2.05, 4.69) is 36.3 Å². The number of urea groups is 1. The predicted molar refractivity (Wildman–Crippen MR) is 86.8 cm³/mol. The number of ether oxygens (including phenoxy) is 1. The average Bonchev–Trinajstić information content (AvgIpc) is 3.34. The van der Waals surface area contributed by atoms with Gasteiger partial charge in [-0.25, -0.2) is 4.79 Å². The van der Waals surface area contributed by atoms with Crippen molar-refractivity contribution in [3.05, 3.63) is 0 Å². The summed E-state index contributed by atoms with van der Waals surface area (Å²) in [5, 5.41) is 6.22. The van der Waals surface area contributed by atoms with Gasteiger partial charge in [0.05, 0.1) is 6.10 Å². The molecule has 2 amide bonds. The van der Waals surface area contributed by atoms with Crippen LogP contribution in [0, 0.1) is 11.3 Å². The maximum absolute atomic E-state index is 12.2. The average molecular weight is 309 g/mol. The zero-order valence-electron chi connectivity index (χ0n) is 14.2. The van der Waals surface area contributed by atoms with Crippen molar-refractivity contribution in [2.45, 2.75) is 64.6 Å². The highest BCUT2D eigenvalue weighted by molar-refractivity contribution is 5.74. The quantitative estimate of drug-likeness (QED) is 0.789. The Hall–Kier alpha value is -0.810. The van der Waals surface area contributed by atoms with Crippen LogP contribution in [0.25, 0.3) is 0 Å². The SMILES string of the molecule is CCN(CCNC(=O)N[C@@H]1[C@@H]2CCCO[C@@H]2C1(C)C)C1CC1. The maximum atomic E-state index is 12.2. The van der Waals surface area contributed by atoms with Gasteiger partial charge < -0.3 is 15.4 Å². The molecule has 1 heterocycles. The van der Waals surface area contributed by atoms with Gasteiger partial charge in [-0.1, -0.05) is 20.8 Å². The van der Waals surface area contributed by atoms with Gasteiger partial charge in [-0.15, -0.1) is 0 Å². The Balaban J connectivity index is 1.41. The first-order chi connectivity index (χ1) is 10.5. The molecule has 5 nitrogen and oxygen atoms in total. The number of rotatable bonds is 6. The summed E-state index contributed by atoms with van der Waals surface area (Å²) < 4.78 is 5.89. The van der Waals surface area contributed by atoms with E-state index in [1.165, 1.54) is 19.3 Å². The van der Waals surface area contributed by atoms with Crippen LogP contribution in [-0.4, -0.2) is 55.4 Å². The van der Waals surface area contributed by atoms with Crippen LogP contribution in [-0.2, 0) is 4.74 Å². The normalized spacial score (nSPS) is 33.0. The summed E-state index contributed by atoms with van der Waals surface area (Å²) in [7, 11) is 0. The fourth-order valence-corrected chi connectivity index (χ4v) is 4.36. The number of hydrogen-bond donors (Lipinski definition) is 2. The molecular weight excluding hydrogens is 278 g/mol. The summed E-state index contributed by atoms with van der Waals surface area (Å²) in [5.74, 6) is 0.494. The topological polar surface area (TPSA) is 53.6 Å². The molecule has 2 saturated carbocycles. The predicted octanol–water partition coefficient (Wildman–Crippen LogP) is 1.97. The molecule has 0 aromatic rings. The van der Waals surface area contributed by atoms with Crippen molar-refractivity contribution in [3.8, 4) is 0 Å². The van der Waals surface area contributed by atoms with E-state index in [1.54, 1.807) is 0 Å². The van der Waals surface area contributed by atoms with Crippen LogP contribution in [0.1, 0.15) is 46.5 Å². The Morgan fingerprint density at radius 2 is 2.09 bits per heavy atom. The van der Waals surface area contributed by atoms with E-state index in [1.807, 2.05) is 0 Å². The van der Waals surface area contributed by atoms with Crippen LogP contribution < -0.4 is 10.6 Å². The number of carbonyl (C=O) groups is 1. The van der Waals surface area contributed by atoms with Crippen LogP contribution >= 0.6 is 0 Å². The van der Waals surface area contributed by atoms with Gasteiger partial charge in [-0.05, 0) is 32.2 Å². The standard InChI is InChI=1S/C17H31N3O2/c1-4-20(12-7-8-12)10-9-18-16(21)19-14-13-6-5-11-22-15(13)17(14,2)3/h12-15H,4-11H2,1-3H3,(H2,18,19,21)/t13-,14+,15-/m0/s1. The molecule has 5 heteroatoms. The third-order valence-electron chi connectivity index (χ3n) is 5.77. The summed E-state index contributed by atoms with van der Waals surface area (Å²) >= 11 is 0. The lowest BCUT2D eigenvalue weighted by Crippen LogP contribution is -2.70. The molecule has 2 N–H and O–H groups in total. The third-order valence-corrected chi connectivity index (χ3v) is 5.77. The zero-order chi connectivity index (χ0) is 15.7. The van der Waals surface area contributed by atoms with Crippen LogP contribution in [0.4, 0.5) is 4.79 Å². The molecule has 1 aliphatic heterocycles. The van der Waals surface area contributed by atoms with Crippen molar-refractivity contribution >= 4 is 6.03 Å². The van der Waals surface area contributed by atoms with Gasteiger partial charge in [0.15, 0.2) is 0 Å². The second-order valence-electron chi connectivity index (χ2n) is 7.66. The molecule has 3 rings (SSSR count). The van der Waals surface area contributed by atoms with E-state index in [0.717, 1.165) is 38.7 Å². The van der Waals surface area contributed by atoms with E-state index in [4.69, 9.17) is 4.74 Å². The summed E-state index contributed by atoms with van der Waals surface area (Å²) in [5.41, 5.74) is 0.0475. The fraction of sp³-hybridized carbons (Fsp3) is 0.941. The summed E-state index contributed by atoms with van der Waals surface area (Å²) in [6, 6.07) is 0.984. The number of likely N-dealkylation sites (N-methyl/N-ethyl adjacent to an activating group) is 1. The molecule has 0 spiro atoms. The summed E-state index contributed by atoms with van der Waals surface area (Å²) in [6.07, 6.45) is 5.24. The molecule has 2 aliphatic carbocycles. The first-order valence-corrected chi connectivity index (χ1v) is 8.94. The monoisotopic (exact) mass is 309 g/mol. The number of amides is 2. The van der Waals surface area contributed by atoms with Gasteiger partial charge >= 0.3 is 6.03 Å². The van der Waals surface area contributed by atoms with Crippen molar-refractivity contribution in [2.24, 2.45) is 11.3 Å². The molecule has 0 bridgehead atoms. The smallest absolute Gasteiger partial charge is 0.315 e. The lowest BCUT2D eigenvalue weighted by Gasteiger charge is -2.59. The molecule has 0 aromatic heterocycles. The number of nitrogens with one attached hydrogen (secondary N) is 2. The molecule has 1 saturated heterocycles. The molecule has 22 heavy (non-hydrogen) atoms. The molecule has 0 radical (unpaired) electrons. The summed E-state index contributed by atoms with van der Waals surface area (Å²) in [4.78, 5) is 14.6. The Bertz CT molecular complexity index is 409. The van der Waals surface area contributed by atoms with Gasteiger partial charge in [0.2, 0.25) is 0 Å². The van der Waals surface area contributed by atoms with Crippen LogP contribution in [0.2, 0.25) is 0 Å². The number of hydrogen-bond acceptors (Lipinski definition) is 3. The fourth-order valence-electron chi connectivity index (χ4n) is 4.36. The van der Waals surface area contributed by atoms with Crippen molar-refractivity contribution in [3.63, 3.8) is 0 Å². The van der Waals surface area contributed by atoms with Gasteiger partial charge in [0.25, 0.3) is 0 Å². The number of nitrogens with zero attached hydrogens (tertiary/aromatic N) is 1. The van der Waals surface area contributed by atoms with Crippen molar-refractivity contribution in [2.75, 3.05) is 26.2 Å². The molecule has 0 aromatic carbocycles. The molecule has 126 valence electrons. The van der Waals surface area contributed by atoms with Crippen molar-refractivity contribution in [1.29, 1.82) is 0 Å². The maximum Gasteiger partial charge on any atom is 0.315 e. The Kier molecular flexibility index (Phi) is 4.64. The van der Waals surface area contributed by atoms with Crippen LogP contribution in [0.15, 0.2) is 0 Å². The second-order valence-corrected chi connectivity index (χ2v) is 7.66. The number of carbonyl (C=O) groups excluding carboxylic acids is 1. The van der Waals surface area contributed by atoms with E-state index in [9.17, 15) is 4.79 Å². The highest BCUT2D eigenvalue weighted by Crippen LogP contribution is 2.51. The van der Waals surface area contributed by atoms with Gasteiger partial charge in [0, 0.05) is 43.1 Å². The molecule has 3 fully saturated rings. The Morgan fingerprint density at radius 1 is 1.32 bits per heavy atom. The van der Waals surface area contributed by atoms with E-state index < -0.39 is 0 Å². The highest BCUT2D eigenvalue weighted by Gasteiger charge is 2.58. The highest BCUT2D eigenvalue weighted by atomic mass is 16.5. The van der Waals surface area contributed by atoms with E-state index in [-0.39, 0.29) is 17.5 Å². The second kappa shape index (κ2) is 6.36. The van der Waals surface area contributed by atoms with Crippen LogP contribution in [0.5, 0.6) is 0 Å². The zero-order valence-corrected chi connectivity index (χ0v) is 14.2. The summed E-state index contributed by atoms with van der Waals surface area (Å²) in [6.45, 7) is 10.2. The van der Waals surface area contributed by atoms with Crippen LogP contribution in [0.3, 0.4) is 0 Å². The van der Waals surface area contributed by atoms with E-state index >= 15 is 0 Å². The molecule has 3 atom stereocenters. The lowest BCUT2D eigenvalue weighted by molar-refractivity contribution is -0.189.